The summed E-state index contributed by atoms with van der Waals surface area (Å²) in [7, 11) is 0. The molecule has 0 aromatic heterocycles. The van der Waals surface area contributed by atoms with Crippen molar-refractivity contribution in [3.05, 3.63) is 69.3 Å². The molecule has 2 aromatic rings. The van der Waals surface area contributed by atoms with Gasteiger partial charge in [-0.15, -0.1) is 0 Å². The lowest BCUT2D eigenvalue weighted by molar-refractivity contribution is -0.385. The second-order valence-corrected chi connectivity index (χ2v) is 4.79. The van der Waals surface area contributed by atoms with Crippen LogP contribution >= 0.6 is 0 Å². The molecule has 2 N–H and O–H groups in total. The van der Waals surface area contributed by atoms with Crippen LogP contribution in [-0.2, 0) is 13.0 Å². The number of benzene rings is 2. The van der Waals surface area contributed by atoms with Crippen molar-refractivity contribution in [2.45, 2.75) is 20.0 Å². The normalized spacial score (nSPS) is 10.4. The molecule has 0 unspecified atom stereocenters. The lowest BCUT2D eigenvalue weighted by Crippen LogP contribution is -2.03. The van der Waals surface area contributed by atoms with Gasteiger partial charge in [0.2, 0.25) is 0 Å². The first-order valence-electron chi connectivity index (χ1n) is 6.76. The van der Waals surface area contributed by atoms with E-state index >= 15 is 0 Å². The van der Waals surface area contributed by atoms with Crippen LogP contribution in [0.5, 0.6) is 5.75 Å². The smallest absolute Gasteiger partial charge is 0.272 e. The predicted molar refractivity (Wildman–Crippen MR) is 81.4 cm³/mol. The number of nitro benzene ring substituents is 1. The van der Waals surface area contributed by atoms with Crippen LogP contribution in [-0.4, -0.2) is 11.5 Å². The van der Waals surface area contributed by atoms with Crippen molar-refractivity contribution in [3.63, 3.8) is 0 Å². The highest BCUT2D eigenvalue weighted by atomic mass is 16.6. The third kappa shape index (κ3) is 3.79. The number of hydrogen-bond donors (Lipinski definition) is 1. The molecule has 0 atom stereocenters. The fraction of sp³-hybridized carbons (Fsp3) is 0.250. The molecule has 0 aliphatic carbocycles. The fourth-order valence-electron chi connectivity index (χ4n) is 2.14. The summed E-state index contributed by atoms with van der Waals surface area (Å²) < 4.78 is 5.73. The summed E-state index contributed by atoms with van der Waals surface area (Å²) in [6.45, 7) is 2.63. The second-order valence-electron chi connectivity index (χ2n) is 4.79. The Morgan fingerprint density at radius 3 is 2.71 bits per heavy atom. The molecule has 0 spiro atoms. The van der Waals surface area contributed by atoms with E-state index in [2.05, 4.69) is 0 Å². The van der Waals surface area contributed by atoms with Crippen LogP contribution in [0.3, 0.4) is 0 Å². The summed E-state index contributed by atoms with van der Waals surface area (Å²) in [5.41, 5.74) is 8.22. The Morgan fingerprint density at radius 1 is 1.24 bits per heavy atom. The van der Waals surface area contributed by atoms with Gasteiger partial charge in [0, 0.05) is 11.6 Å². The van der Waals surface area contributed by atoms with E-state index in [4.69, 9.17) is 10.5 Å². The van der Waals surface area contributed by atoms with Crippen molar-refractivity contribution in [2.24, 2.45) is 5.73 Å². The Hall–Kier alpha value is -2.40. The molecule has 0 saturated carbocycles. The topological polar surface area (TPSA) is 78.4 Å². The Morgan fingerprint density at radius 2 is 2.00 bits per heavy atom. The molecular formula is C16H18N2O3. The highest BCUT2D eigenvalue weighted by Crippen LogP contribution is 2.23. The highest BCUT2D eigenvalue weighted by Gasteiger charge is 2.13. The van der Waals surface area contributed by atoms with Crippen LogP contribution in [0, 0.1) is 17.0 Å². The molecule has 21 heavy (non-hydrogen) atoms. The molecule has 0 fully saturated rings. The first-order chi connectivity index (χ1) is 10.1. The molecule has 0 saturated heterocycles. The van der Waals surface area contributed by atoms with Gasteiger partial charge in [-0.25, -0.2) is 0 Å². The number of nitrogens with two attached hydrogens (primary N) is 1. The summed E-state index contributed by atoms with van der Waals surface area (Å²) in [5, 5.41) is 10.9. The van der Waals surface area contributed by atoms with Crippen molar-refractivity contribution in [2.75, 3.05) is 6.54 Å². The van der Waals surface area contributed by atoms with Crippen LogP contribution in [0.2, 0.25) is 0 Å². The minimum atomic E-state index is -0.374. The van der Waals surface area contributed by atoms with Crippen LogP contribution in [0.25, 0.3) is 0 Å². The molecule has 0 bridgehead atoms. The van der Waals surface area contributed by atoms with E-state index in [1.165, 1.54) is 6.07 Å². The zero-order valence-electron chi connectivity index (χ0n) is 11.9. The van der Waals surface area contributed by atoms with Gasteiger partial charge in [-0.05, 0) is 43.1 Å². The maximum atomic E-state index is 10.9. The Bertz CT molecular complexity index is 641. The zero-order chi connectivity index (χ0) is 15.2. The maximum Gasteiger partial charge on any atom is 0.272 e. The first kappa shape index (κ1) is 15.0. The van der Waals surface area contributed by atoms with E-state index in [-0.39, 0.29) is 10.6 Å². The molecule has 0 aliphatic heterocycles. The van der Waals surface area contributed by atoms with Gasteiger partial charge in [0.25, 0.3) is 5.69 Å². The van der Waals surface area contributed by atoms with Crippen LogP contribution < -0.4 is 10.5 Å². The Balaban J connectivity index is 2.11. The Labute approximate surface area is 123 Å². The first-order valence-corrected chi connectivity index (χ1v) is 6.76. The number of hydrogen-bond acceptors (Lipinski definition) is 4. The number of nitrogens with zero attached hydrogens (tertiary/aromatic N) is 1. The van der Waals surface area contributed by atoms with E-state index in [1.807, 2.05) is 30.3 Å². The predicted octanol–water partition coefficient (Wildman–Crippen LogP) is 2.98. The van der Waals surface area contributed by atoms with Crippen molar-refractivity contribution in [1.29, 1.82) is 0 Å². The Kier molecular flexibility index (Phi) is 4.90. The summed E-state index contributed by atoms with van der Waals surface area (Å²) in [6, 6.07) is 12.7. The molecule has 0 aliphatic rings. The van der Waals surface area contributed by atoms with Gasteiger partial charge in [-0.3, -0.25) is 10.1 Å². The van der Waals surface area contributed by atoms with Gasteiger partial charge < -0.3 is 10.5 Å². The van der Waals surface area contributed by atoms with Gasteiger partial charge in [0.05, 0.1) is 4.92 Å². The number of ether oxygens (including phenoxy) is 1. The summed E-state index contributed by atoms with van der Waals surface area (Å²) in [5.74, 6) is 0.742. The van der Waals surface area contributed by atoms with Crippen molar-refractivity contribution >= 4 is 5.69 Å². The van der Waals surface area contributed by atoms with E-state index in [9.17, 15) is 10.1 Å². The fourth-order valence-corrected chi connectivity index (χ4v) is 2.14. The summed E-state index contributed by atoms with van der Waals surface area (Å²) in [6.07, 6.45) is 0.799. The molecule has 0 amide bonds. The highest BCUT2D eigenvalue weighted by molar-refractivity contribution is 5.44. The SMILES string of the molecule is Cc1c(COc2cccc(CCN)c2)cccc1[N+](=O)[O-]. The monoisotopic (exact) mass is 286 g/mol. The quantitative estimate of drug-likeness (QED) is 0.654. The lowest BCUT2D eigenvalue weighted by Gasteiger charge is -2.10. The molecule has 2 aromatic carbocycles. The average Bonchev–Trinajstić information content (AvgIpc) is 2.46. The largest absolute Gasteiger partial charge is 0.489 e. The van der Waals surface area contributed by atoms with Gasteiger partial charge >= 0.3 is 0 Å². The average molecular weight is 286 g/mol. The maximum absolute atomic E-state index is 10.9. The summed E-state index contributed by atoms with van der Waals surface area (Å²) in [4.78, 5) is 10.5. The number of nitro groups is 1. The van der Waals surface area contributed by atoms with Crippen LogP contribution in [0.1, 0.15) is 16.7 Å². The minimum absolute atomic E-state index is 0.119. The molecule has 110 valence electrons. The molecule has 0 radical (unpaired) electrons. The third-order valence-electron chi connectivity index (χ3n) is 3.34. The van der Waals surface area contributed by atoms with Gasteiger partial charge in [0.15, 0.2) is 0 Å². The van der Waals surface area contributed by atoms with Crippen molar-refractivity contribution in [1.82, 2.24) is 0 Å². The zero-order valence-corrected chi connectivity index (χ0v) is 11.9. The van der Waals surface area contributed by atoms with Crippen LogP contribution in [0.15, 0.2) is 42.5 Å². The molecule has 5 heteroatoms. The van der Waals surface area contributed by atoms with E-state index < -0.39 is 0 Å². The molecule has 2 rings (SSSR count). The lowest BCUT2D eigenvalue weighted by atomic mass is 10.1. The van der Waals surface area contributed by atoms with E-state index in [1.54, 1.807) is 13.0 Å². The minimum Gasteiger partial charge on any atom is -0.489 e. The second kappa shape index (κ2) is 6.85. The van der Waals surface area contributed by atoms with Gasteiger partial charge in [0.1, 0.15) is 12.4 Å². The van der Waals surface area contributed by atoms with Crippen molar-refractivity contribution < 1.29 is 9.66 Å². The molecule has 0 heterocycles. The molecule has 5 nitrogen and oxygen atoms in total. The number of rotatable bonds is 6. The van der Waals surface area contributed by atoms with Gasteiger partial charge in [-0.2, -0.15) is 0 Å². The molecular weight excluding hydrogens is 268 g/mol. The summed E-state index contributed by atoms with van der Waals surface area (Å²) >= 11 is 0. The standard InChI is InChI=1S/C16H18N2O3/c1-12-14(5-3-7-16(12)18(19)20)11-21-15-6-2-4-13(10-15)8-9-17/h2-7,10H,8-9,11,17H2,1H3. The third-order valence-corrected chi connectivity index (χ3v) is 3.34. The van der Waals surface area contributed by atoms with Crippen molar-refractivity contribution in [3.8, 4) is 5.75 Å². The van der Waals surface area contributed by atoms with Gasteiger partial charge in [-0.1, -0.05) is 24.3 Å². The van der Waals surface area contributed by atoms with E-state index in [0.717, 1.165) is 23.3 Å². The van der Waals surface area contributed by atoms with E-state index in [0.29, 0.717) is 18.7 Å². The van der Waals surface area contributed by atoms with Crippen LogP contribution in [0.4, 0.5) is 5.69 Å².